The Kier molecular flexibility index (Phi) is 6.22. The molecule has 1 unspecified atom stereocenters. The van der Waals surface area contributed by atoms with Crippen molar-refractivity contribution in [3.05, 3.63) is 33.8 Å². The summed E-state index contributed by atoms with van der Waals surface area (Å²) in [6, 6.07) is 2.81. The van der Waals surface area contributed by atoms with Crippen molar-refractivity contribution in [2.75, 3.05) is 6.61 Å². The number of hydrogen-bond acceptors (Lipinski definition) is 2. The van der Waals surface area contributed by atoms with E-state index in [1.807, 2.05) is 13.8 Å². The predicted molar refractivity (Wildman–Crippen MR) is 76.9 cm³/mol. The Morgan fingerprint density at radius 3 is 2.48 bits per heavy atom. The van der Waals surface area contributed by atoms with Gasteiger partial charge < -0.3 is 10.4 Å². The first-order valence-corrected chi connectivity index (χ1v) is 7.23. The van der Waals surface area contributed by atoms with Crippen LogP contribution in [0, 0.1) is 5.92 Å². The minimum Gasteiger partial charge on any atom is -0.394 e. The minimum absolute atomic E-state index is 0.0901. The van der Waals surface area contributed by atoms with E-state index in [-0.39, 0.29) is 22.6 Å². The van der Waals surface area contributed by atoms with Gasteiger partial charge in [-0.1, -0.05) is 29.8 Å². The first kappa shape index (κ1) is 18.0. The van der Waals surface area contributed by atoms with Crippen molar-refractivity contribution in [2.45, 2.75) is 32.5 Å². The molecule has 0 saturated heterocycles. The van der Waals surface area contributed by atoms with Crippen LogP contribution >= 0.6 is 15.9 Å². The normalized spacial score (nSPS) is 13.3. The maximum absolute atomic E-state index is 12.8. The van der Waals surface area contributed by atoms with E-state index in [1.165, 1.54) is 12.1 Å². The van der Waals surface area contributed by atoms with E-state index < -0.39 is 23.7 Å². The van der Waals surface area contributed by atoms with Crippen molar-refractivity contribution in [2.24, 2.45) is 5.92 Å². The van der Waals surface area contributed by atoms with E-state index in [0.717, 1.165) is 6.07 Å². The van der Waals surface area contributed by atoms with Crippen LogP contribution in [0.5, 0.6) is 0 Å². The number of hydrogen-bond donors (Lipinski definition) is 2. The van der Waals surface area contributed by atoms with Crippen molar-refractivity contribution >= 4 is 21.8 Å². The lowest BCUT2D eigenvalue weighted by Gasteiger charge is -2.19. The highest BCUT2D eigenvalue weighted by Crippen LogP contribution is 2.35. The second-order valence-electron chi connectivity index (χ2n) is 5.17. The summed E-state index contributed by atoms with van der Waals surface area (Å²) in [5, 5.41) is 11.7. The summed E-state index contributed by atoms with van der Waals surface area (Å²) in [7, 11) is 0. The van der Waals surface area contributed by atoms with E-state index in [0.29, 0.717) is 6.42 Å². The topological polar surface area (TPSA) is 49.3 Å². The molecule has 1 aromatic rings. The third-order valence-electron chi connectivity index (χ3n) is 2.85. The zero-order chi connectivity index (χ0) is 16.2. The molecule has 3 nitrogen and oxygen atoms in total. The van der Waals surface area contributed by atoms with Gasteiger partial charge in [0.1, 0.15) is 0 Å². The van der Waals surface area contributed by atoms with Crippen LogP contribution in [-0.2, 0) is 6.18 Å². The number of nitrogens with one attached hydrogen (secondary N) is 1. The Balaban J connectivity index is 2.93. The molecule has 21 heavy (non-hydrogen) atoms. The number of benzene rings is 1. The van der Waals surface area contributed by atoms with Gasteiger partial charge in [-0.25, -0.2) is 0 Å². The third kappa shape index (κ3) is 5.32. The summed E-state index contributed by atoms with van der Waals surface area (Å²) < 4.78 is 38.3. The van der Waals surface area contributed by atoms with Crippen LogP contribution < -0.4 is 5.32 Å². The summed E-state index contributed by atoms with van der Waals surface area (Å²) in [6.45, 7) is 3.60. The van der Waals surface area contributed by atoms with E-state index >= 15 is 0 Å². The second kappa shape index (κ2) is 7.26. The first-order valence-electron chi connectivity index (χ1n) is 6.43. The molecule has 1 atom stereocenters. The molecule has 118 valence electrons. The Morgan fingerprint density at radius 1 is 1.38 bits per heavy atom. The van der Waals surface area contributed by atoms with E-state index in [4.69, 9.17) is 0 Å². The Hall–Kier alpha value is -1.08. The molecule has 1 amide bonds. The Labute approximate surface area is 129 Å². The van der Waals surface area contributed by atoms with Crippen molar-refractivity contribution < 1.29 is 23.1 Å². The van der Waals surface area contributed by atoms with Crippen molar-refractivity contribution in [3.63, 3.8) is 0 Å². The fourth-order valence-corrected chi connectivity index (χ4v) is 2.37. The maximum Gasteiger partial charge on any atom is 0.417 e. The predicted octanol–water partition coefficient (Wildman–Crippen LogP) is 3.60. The molecule has 1 rings (SSSR count). The molecule has 0 aliphatic heterocycles. The van der Waals surface area contributed by atoms with Crippen molar-refractivity contribution in [1.29, 1.82) is 0 Å². The average Bonchev–Trinajstić information content (AvgIpc) is 2.36. The highest BCUT2D eigenvalue weighted by Gasteiger charge is 2.33. The van der Waals surface area contributed by atoms with Gasteiger partial charge in [-0.3, -0.25) is 4.79 Å². The van der Waals surface area contributed by atoms with E-state index in [1.54, 1.807) is 0 Å². The zero-order valence-corrected chi connectivity index (χ0v) is 13.3. The number of amides is 1. The second-order valence-corrected chi connectivity index (χ2v) is 6.03. The van der Waals surface area contributed by atoms with Gasteiger partial charge in [0.2, 0.25) is 0 Å². The third-order valence-corrected chi connectivity index (χ3v) is 3.54. The molecular weight excluding hydrogens is 351 g/mol. The highest BCUT2D eigenvalue weighted by atomic mass is 79.9. The Morgan fingerprint density at radius 2 is 2.00 bits per heavy atom. The molecular formula is C14H17BrF3NO2. The van der Waals surface area contributed by atoms with Gasteiger partial charge in [0.05, 0.1) is 18.2 Å². The molecule has 0 aromatic heterocycles. The van der Waals surface area contributed by atoms with Gasteiger partial charge in [0, 0.05) is 10.0 Å². The maximum atomic E-state index is 12.8. The summed E-state index contributed by atoms with van der Waals surface area (Å²) in [4.78, 5) is 12.0. The van der Waals surface area contributed by atoms with Crippen LogP contribution in [0.25, 0.3) is 0 Å². The fourth-order valence-electron chi connectivity index (χ4n) is 1.90. The Bertz CT molecular complexity index is 503. The molecule has 0 aliphatic carbocycles. The molecule has 7 heteroatoms. The van der Waals surface area contributed by atoms with Crippen LogP contribution in [0.2, 0.25) is 0 Å². The quantitative estimate of drug-likeness (QED) is 0.835. The van der Waals surface area contributed by atoms with Crippen LogP contribution in [0.15, 0.2) is 22.7 Å². The lowest BCUT2D eigenvalue weighted by atomic mass is 10.0. The van der Waals surface area contributed by atoms with Gasteiger partial charge in [0.15, 0.2) is 0 Å². The number of aliphatic hydroxyl groups excluding tert-OH is 1. The summed E-state index contributed by atoms with van der Waals surface area (Å²) in [6.07, 6.45) is -3.99. The van der Waals surface area contributed by atoms with Gasteiger partial charge in [-0.2, -0.15) is 13.2 Å². The lowest BCUT2D eigenvalue weighted by molar-refractivity contribution is -0.138. The van der Waals surface area contributed by atoms with Crippen LogP contribution in [0.4, 0.5) is 13.2 Å². The summed E-state index contributed by atoms with van der Waals surface area (Å²) >= 11 is 2.82. The SMILES string of the molecule is CC(C)CC(CO)NC(=O)c1ccc(Br)c(C(F)(F)F)c1. The highest BCUT2D eigenvalue weighted by molar-refractivity contribution is 9.10. The lowest BCUT2D eigenvalue weighted by Crippen LogP contribution is -2.38. The van der Waals surface area contributed by atoms with E-state index in [2.05, 4.69) is 21.2 Å². The van der Waals surface area contributed by atoms with Crippen molar-refractivity contribution in [3.8, 4) is 0 Å². The monoisotopic (exact) mass is 367 g/mol. The van der Waals surface area contributed by atoms with Crippen LogP contribution in [0.1, 0.15) is 36.2 Å². The number of carbonyl (C=O) groups is 1. The smallest absolute Gasteiger partial charge is 0.394 e. The van der Waals surface area contributed by atoms with Crippen LogP contribution in [0.3, 0.4) is 0 Å². The fraction of sp³-hybridized carbons (Fsp3) is 0.500. The largest absolute Gasteiger partial charge is 0.417 e. The number of alkyl halides is 3. The number of rotatable bonds is 5. The molecule has 0 fully saturated rings. The van der Waals surface area contributed by atoms with Gasteiger partial charge in [-0.15, -0.1) is 0 Å². The van der Waals surface area contributed by atoms with Gasteiger partial charge in [-0.05, 0) is 30.5 Å². The van der Waals surface area contributed by atoms with Gasteiger partial charge in [0.25, 0.3) is 5.91 Å². The molecule has 0 radical (unpaired) electrons. The number of aliphatic hydroxyl groups is 1. The van der Waals surface area contributed by atoms with Crippen LogP contribution in [-0.4, -0.2) is 23.7 Å². The minimum atomic E-state index is -4.54. The zero-order valence-electron chi connectivity index (χ0n) is 11.7. The van der Waals surface area contributed by atoms with E-state index in [9.17, 15) is 23.1 Å². The average molecular weight is 368 g/mol. The summed E-state index contributed by atoms with van der Waals surface area (Å²) in [5.74, 6) is -0.384. The summed E-state index contributed by atoms with van der Waals surface area (Å²) in [5.41, 5.74) is -0.993. The number of halogens is 4. The standard InChI is InChI=1S/C14H17BrF3NO2/c1-8(2)5-10(7-20)19-13(21)9-3-4-12(15)11(6-9)14(16,17)18/h3-4,6,8,10,20H,5,7H2,1-2H3,(H,19,21). The molecule has 0 saturated carbocycles. The molecule has 0 aliphatic rings. The van der Waals surface area contributed by atoms with Crippen molar-refractivity contribution in [1.82, 2.24) is 5.32 Å². The molecule has 0 heterocycles. The van der Waals surface area contributed by atoms with Gasteiger partial charge >= 0.3 is 6.18 Å². The molecule has 2 N–H and O–H groups in total. The molecule has 1 aromatic carbocycles. The number of carbonyl (C=O) groups excluding carboxylic acids is 1. The first-order chi connectivity index (χ1) is 9.65. The molecule has 0 bridgehead atoms. The molecule has 0 spiro atoms.